The van der Waals surface area contributed by atoms with E-state index in [2.05, 4.69) is 26.5 Å². The van der Waals surface area contributed by atoms with Crippen LogP contribution in [0.1, 0.15) is 33.3 Å². The van der Waals surface area contributed by atoms with E-state index in [-0.39, 0.29) is 5.78 Å². The number of benzene rings is 2. The molecule has 1 atom stereocenters. The van der Waals surface area contributed by atoms with Crippen molar-refractivity contribution >= 4 is 39.1 Å². The van der Waals surface area contributed by atoms with Crippen molar-refractivity contribution in [2.24, 2.45) is 15.9 Å². The second-order valence-electron chi connectivity index (χ2n) is 7.94. The number of ether oxygens (including phenoxy) is 1. The van der Waals surface area contributed by atoms with Gasteiger partial charge in [-0.3, -0.25) is 15.0 Å². The van der Waals surface area contributed by atoms with E-state index in [1.807, 2.05) is 54.6 Å². The first-order chi connectivity index (χ1) is 13.1. The van der Waals surface area contributed by atoms with Crippen LogP contribution >= 0.6 is 15.9 Å². The number of esters is 1. The van der Waals surface area contributed by atoms with Gasteiger partial charge in [0.05, 0.1) is 11.1 Å². The highest BCUT2D eigenvalue weighted by atomic mass is 79.9. The van der Waals surface area contributed by atoms with E-state index in [1.165, 1.54) is 0 Å². The third-order valence-corrected chi connectivity index (χ3v) is 5.54. The van der Waals surface area contributed by atoms with Crippen LogP contribution in [0.2, 0.25) is 0 Å². The molecule has 28 heavy (non-hydrogen) atoms. The summed E-state index contributed by atoms with van der Waals surface area (Å²) >= 11 is 3.43. The quantitative estimate of drug-likeness (QED) is 0.319. The molecular weight excluding hydrogens is 420 g/mol. The summed E-state index contributed by atoms with van der Waals surface area (Å²) in [6, 6.07) is 17.0. The first-order valence-electron chi connectivity index (χ1n) is 9.04. The Bertz CT molecular complexity index is 919. The summed E-state index contributed by atoms with van der Waals surface area (Å²) in [5.41, 5.74) is 2.97. The molecular formula is C22H23BrN2O3. The fourth-order valence-electron chi connectivity index (χ4n) is 3.35. The molecule has 0 spiro atoms. The number of para-hydroxylation sites is 1. The van der Waals surface area contributed by atoms with Crippen molar-refractivity contribution in [1.29, 1.82) is 0 Å². The van der Waals surface area contributed by atoms with E-state index in [9.17, 15) is 9.59 Å². The average molecular weight is 443 g/mol. The lowest BCUT2D eigenvalue weighted by atomic mass is 9.67. The topological polar surface area (TPSA) is 67.8 Å². The minimum absolute atomic E-state index is 0.161. The van der Waals surface area contributed by atoms with Gasteiger partial charge in [-0.2, -0.15) is 5.10 Å². The summed E-state index contributed by atoms with van der Waals surface area (Å²) < 4.78 is 6.70. The molecule has 1 aliphatic heterocycles. The van der Waals surface area contributed by atoms with E-state index in [1.54, 1.807) is 27.7 Å². The predicted octanol–water partition coefficient (Wildman–Crippen LogP) is 4.81. The zero-order valence-corrected chi connectivity index (χ0v) is 17.9. The number of ketones is 1. The van der Waals surface area contributed by atoms with Crippen LogP contribution in [0.4, 0.5) is 5.69 Å². The number of hydrogen-bond acceptors (Lipinski definition) is 5. The molecule has 0 amide bonds. The van der Waals surface area contributed by atoms with E-state index >= 15 is 0 Å². The molecule has 1 unspecified atom stereocenters. The zero-order chi connectivity index (χ0) is 20.5. The summed E-state index contributed by atoms with van der Waals surface area (Å²) in [6.07, 6.45) is -0.807. The Morgan fingerprint density at radius 1 is 1.00 bits per heavy atom. The van der Waals surface area contributed by atoms with Gasteiger partial charge < -0.3 is 4.74 Å². The van der Waals surface area contributed by atoms with Gasteiger partial charge in [0.25, 0.3) is 0 Å². The van der Waals surface area contributed by atoms with Crippen LogP contribution in [0.5, 0.6) is 0 Å². The molecule has 0 radical (unpaired) electrons. The number of cyclic esters (lactones) is 1. The first-order valence-corrected chi connectivity index (χ1v) is 9.84. The van der Waals surface area contributed by atoms with Gasteiger partial charge in [0.15, 0.2) is 11.9 Å². The molecule has 6 heteroatoms. The lowest BCUT2D eigenvalue weighted by Crippen LogP contribution is -2.58. The first kappa shape index (κ1) is 20.3. The maximum atomic E-state index is 13.1. The SMILES string of the molecule is CC1(C)C(=O)OC(/C(=N/Nc2ccccc2)c2ccc(Br)cc2)C(C)(C)C1=O. The van der Waals surface area contributed by atoms with Crippen LogP contribution in [0.25, 0.3) is 0 Å². The van der Waals surface area contributed by atoms with Gasteiger partial charge in [0, 0.05) is 10.0 Å². The highest BCUT2D eigenvalue weighted by molar-refractivity contribution is 9.10. The zero-order valence-electron chi connectivity index (χ0n) is 16.3. The Kier molecular flexibility index (Phi) is 5.44. The fraction of sp³-hybridized carbons (Fsp3) is 0.318. The van der Waals surface area contributed by atoms with Crippen LogP contribution in [0.15, 0.2) is 64.2 Å². The van der Waals surface area contributed by atoms with Crippen molar-refractivity contribution in [3.63, 3.8) is 0 Å². The minimum atomic E-state index is -1.18. The van der Waals surface area contributed by atoms with Crippen molar-refractivity contribution in [2.75, 3.05) is 5.43 Å². The van der Waals surface area contributed by atoms with Crippen LogP contribution in [-0.2, 0) is 14.3 Å². The Morgan fingerprint density at radius 3 is 2.21 bits per heavy atom. The van der Waals surface area contributed by atoms with E-state index in [0.717, 1.165) is 15.7 Å². The third kappa shape index (κ3) is 3.74. The number of rotatable bonds is 4. The molecule has 5 nitrogen and oxygen atoms in total. The number of halogens is 1. The predicted molar refractivity (Wildman–Crippen MR) is 113 cm³/mol. The summed E-state index contributed by atoms with van der Waals surface area (Å²) in [4.78, 5) is 25.6. The van der Waals surface area contributed by atoms with Gasteiger partial charge in [-0.05, 0) is 52.0 Å². The standard InChI is InChI=1S/C22H23BrN2O3/c1-21(2)18(28-20(27)22(3,4)19(21)26)17(14-10-12-15(23)13-11-14)25-24-16-8-6-5-7-9-16/h5-13,18,24H,1-4H3/b25-17+. The third-order valence-electron chi connectivity index (χ3n) is 5.01. The van der Waals surface area contributed by atoms with Gasteiger partial charge >= 0.3 is 5.97 Å². The largest absolute Gasteiger partial charge is 0.454 e. The Balaban J connectivity index is 2.06. The molecule has 0 aromatic heterocycles. The number of hydrogen-bond donors (Lipinski definition) is 1. The normalized spacial score (nSPS) is 21.2. The van der Waals surface area contributed by atoms with Crippen molar-refractivity contribution in [2.45, 2.75) is 33.8 Å². The number of nitrogens with zero attached hydrogens (tertiary/aromatic N) is 1. The smallest absolute Gasteiger partial charge is 0.319 e. The molecule has 1 heterocycles. The number of anilines is 1. The van der Waals surface area contributed by atoms with Gasteiger partial charge in [0.2, 0.25) is 0 Å². The monoisotopic (exact) mass is 442 g/mol. The lowest BCUT2D eigenvalue weighted by Gasteiger charge is -2.43. The Morgan fingerprint density at radius 2 is 1.61 bits per heavy atom. The molecule has 1 N–H and O–H groups in total. The molecule has 146 valence electrons. The molecule has 2 aromatic carbocycles. The lowest BCUT2D eigenvalue weighted by molar-refractivity contribution is -0.179. The molecule has 1 saturated heterocycles. The van der Waals surface area contributed by atoms with Gasteiger partial charge in [-0.1, -0.05) is 46.3 Å². The van der Waals surface area contributed by atoms with Gasteiger partial charge in [0.1, 0.15) is 11.1 Å². The summed E-state index contributed by atoms with van der Waals surface area (Å²) in [7, 11) is 0. The molecule has 0 saturated carbocycles. The summed E-state index contributed by atoms with van der Waals surface area (Å²) in [6.45, 7) is 6.80. The summed E-state index contributed by atoms with van der Waals surface area (Å²) in [5, 5.41) is 4.55. The van der Waals surface area contributed by atoms with Crippen LogP contribution in [0.3, 0.4) is 0 Å². The second-order valence-corrected chi connectivity index (χ2v) is 8.86. The van der Waals surface area contributed by atoms with Crippen molar-refractivity contribution in [3.8, 4) is 0 Å². The van der Waals surface area contributed by atoms with Gasteiger partial charge in [-0.25, -0.2) is 0 Å². The Labute approximate surface area is 173 Å². The van der Waals surface area contributed by atoms with Crippen molar-refractivity contribution in [1.82, 2.24) is 0 Å². The van der Waals surface area contributed by atoms with E-state index in [0.29, 0.717) is 5.71 Å². The number of carbonyl (C=O) groups excluding carboxylic acids is 2. The van der Waals surface area contributed by atoms with E-state index < -0.39 is 22.9 Å². The Hall–Kier alpha value is -2.47. The molecule has 1 fully saturated rings. The molecule has 0 bridgehead atoms. The number of carbonyl (C=O) groups is 2. The van der Waals surface area contributed by atoms with Gasteiger partial charge in [-0.15, -0.1) is 0 Å². The number of hydrazone groups is 1. The van der Waals surface area contributed by atoms with Crippen molar-refractivity contribution < 1.29 is 14.3 Å². The average Bonchev–Trinajstić information content (AvgIpc) is 2.67. The van der Waals surface area contributed by atoms with Crippen LogP contribution < -0.4 is 5.43 Å². The number of Topliss-reactive ketones (excluding diaryl/α,β-unsaturated/α-hetero) is 1. The minimum Gasteiger partial charge on any atom is -0.454 e. The van der Waals surface area contributed by atoms with E-state index in [4.69, 9.17) is 4.74 Å². The maximum absolute atomic E-state index is 13.1. The fourth-order valence-corrected chi connectivity index (χ4v) is 3.61. The second kappa shape index (κ2) is 7.51. The van der Waals surface area contributed by atoms with Crippen LogP contribution in [-0.4, -0.2) is 23.6 Å². The highest BCUT2D eigenvalue weighted by Crippen LogP contribution is 2.41. The molecule has 2 aromatic rings. The summed E-state index contributed by atoms with van der Waals surface area (Å²) in [5.74, 6) is -0.697. The molecule has 0 aliphatic carbocycles. The number of nitrogens with one attached hydrogen (secondary N) is 1. The highest BCUT2D eigenvalue weighted by Gasteiger charge is 2.56. The molecule has 1 aliphatic rings. The van der Waals surface area contributed by atoms with Crippen LogP contribution in [0, 0.1) is 10.8 Å². The van der Waals surface area contributed by atoms with Crippen molar-refractivity contribution in [3.05, 3.63) is 64.6 Å². The molecule has 3 rings (SSSR count). The maximum Gasteiger partial charge on any atom is 0.319 e.